The summed E-state index contributed by atoms with van der Waals surface area (Å²) in [5.74, 6) is 0.218. The molecular formula is C24H25N5O4S. The van der Waals surface area contributed by atoms with Crippen molar-refractivity contribution < 1.29 is 17.9 Å². The number of nitrogens with zero attached hydrogens (tertiary/aromatic N) is 2. The molecule has 5 rings (SSSR count). The number of hydrogen-bond donors (Lipinski definition) is 3. The van der Waals surface area contributed by atoms with Gasteiger partial charge in [-0.2, -0.15) is 4.31 Å². The van der Waals surface area contributed by atoms with Crippen molar-refractivity contribution in [3.8, 4) is 0 Å². The molecule has 1 aliphatic heterocycles. The van der Waals surface area contributed by atoms with E-state index in [2.05, 4.69) is 20.3 Å². The highest BCUT2D eigenvalue weighted by atomic mass is 32.2. The van der Waals surface area contributed by atoms with Gasteiger partial charge in [0.15, 0.2) is 0 Å². The first kappa shape index (κ1) is 22.3. The molecule has 34 heavy (non-hydrogen) atoms. The van der Waals surface area contributed by atoms with Crippen LogP contribution in [0.3, 0.4) is 0 Å². The second kappa shape index (κ2) is 9.41. The summed E-state index contributed by atoms with van der Waals surface area (Å²) < 4.78 is 32.4. The van der Waals surface area contributed by atoms with Crippen molar-refractivity contribution in [1.82, 2.24) is 24.6 Å². The smallest absolute Gasteiger partial charge is 0.268 e. The predicted octanol–water partition coefficient (Wildman–Crippen LogP) is 2.63. The molecular weight excluding hydrogens is 454 g/mol. The third kappa shape index (κ3) is 4.60. The van der Waals surface area contributed by atoms with E-state index in [0.29, 0.717) is 38.5 Å². The Kier molecular flexibility index (Phi) is 6.18. The minimum atomic E-state index is -3.70. The van der Waals surface area contributed by atoms with E-state index in [1.54, 1.807) is 0 Å². The molecule has 2 aromatic heterocycles. The molecule has 3 heterocycles. The summed E-state index contributed by atoms with van der Waals surface area (Å²) in [6.45, 7) is 1.30. The second-order valence-electron chi connectivity index (χ2n) is 8.12. The summed E-state index contributed by atoms with van der Waals surface area (Å²) in [5.41, 5.74) is 2.89. The summed E-state index contributed by atoms with van der Waals surface area (Å²) in [5, 5.41) is 3.01. The summed E-state index contributed by atoms with van der Waals surface area (Å²) >= 11 is 0. The number of imidazole rings is 1. The molecule has 1 amide bonds. The number of nitrogens with one attached hydrogen (secondary N) is 3. The van der Waals surface area contributed by atoms with E-state index >= 15 is 0 Å². The molecule has 1 atom stereocenters. The normalized spacial score (nSPS) is 15.9. The predicted molar refractivity (Wildman–Crippen MR) is 127 cm³/mol. The third-order valence-corrected chi connectivity index (χ3v) is 7.71. The lowest BCUT2D eigenvalue weighted by atomic mass is 10.1. The maximum Gasteiger partial charge on any atom is 0.268 e. The second-order valence-corrected chi connectivity index (χ2v) is 10.1. The Bertz CT molecular complexity index is 1360. The fraction of sp³-hybridized carbons (Fsp3) is 0.250. The van der Waals surface area contributed by atoms with Gasteiger partial charge in [-0.15, -0.1) is 0 Å². The number of ether oxygens (including phenoxy) is 1. The van der Waals surface area contributed by atoms with Crippen LogP contribution in [0, 0.1) is 0 Å². The largest absolute Gasteiger partial charge is 0.379 e. The summed E-state index contributed by atoms with van der Waals surface area (Å²) in [6.07, 6.45) is 1.87. The SMILES string of the molecule is O=C(NC(Cc1ccccc1)c1nc2ccccc2[nH]1)c1cc(S(=O)(=O)N2CCOCC2)c[nH]1. The van der Waals surface area contributed by atoms with E-state index < -0.39 is 22.0 Å². The van der Waals surface area contributed by atoms with Crippen molar-refractivity contribution in [1.29, 1.82) is 0 Å². The number of hydrogen-bond acceptors (Lipinski definition) is 5. The van der Waals surface area contributed by atoms with E-state index in [1.165, 1.54) is 16.6 Å². The first-order chi connectivity index (χ1) is 16.5. The van der Waals surface area contributed by atoms with Gasteiger partial charge < -0.3 is 20.0 Å². The number of aromatic amines is 2. The first-order valence-corrected chi connectivity index (χ1v) is 12.5. The lowest BCUT2D eigenvalue weighted by Crippen LogP contribution is -2.40. The van der Waals surface area contributed by atoms with Crippen LogP contribution < -0.4 is 5.32 Å². The van der Waals surface area contributed by atoms with Crippen LogP contribution in [0.1, 0.15) is 27.9 Å². The molecule has 0 radical (unpaired) electrons. The van der Waals surface area contributed by atoms with Gasteiger partial charge in [0.2, 0.25) is 10.0 Å². The van der Waals surface area contributed by atoms with E-state index in [9.17, 15) is 13.2 Å². The van der Waals surface area contributed by atoms with E-state index in [1.807, 2.05) is 54.6 Å². The van der Waals surface area contributed by atoms with Crippen LogP contribution in [0.2, 0.25) is 0 Å². The maximum atomic E-state index is 13.1. The number of carbonyl (C=O) groups is 1. The lowest BCUT2D eigenvalue weighted by molar-refractivity contribution is 0.0730. The standard InChI is InChI=1S/C24H25N5O4S/c30-24(22-15-18(16-25-22)34(31,32)29-10-12-33-13-11-29)28-21(14-17-6-2-1-3-7-17)23-26-19-8-4-5-9-20(19)27-23/h1-9,15-16,21,25H,10-14H2,(H,26,27)(H,28,30). The fourth-order valence-electron chi connectivity index (χ4n) is 4.03. The van der Waals surface area contributed by atoms with Crippen LogP contribution >= 0.6 is 0 Å². The number of carbonyl (C=O) groups excluding carboxylic acids is 1. The van der Waals surface area contributed by atoms with Crippen molar-refractivity contribution in [2.45, 2.75) is 17.4 Å². The number of morpholine rings is 1. The van der Waals surface area contributed by atoms with Crippen LogP contribution in [0.4, 0.5) is 0 Å². The molecule has 0 bridgehead atoms. The number of benzene rings is 2. The van der Waals surface area contributed by atoms with Crippen LogP contribution in [0.5, 0.6) is 0 Å². The zero-order chi connectivity index (χ0) is 23.5. The van der Waals surface area contributed by atoms with Gasteiger partial charge >= 0.3 is 0 Å². The van der Waals surface area contributed by atoms with E-state index in [4.69, 9.17) is 4.74 Å². The number of sulfonamides is 1. The zero-order valence-electron chi connectivity index (χ0n) is 18.4. The van der Waals surface area contributed by atoms with E-state index in [-0.39, 0.29) is 10.6 Å². The molecule has 0 saturated carbocycles. The molecule has 0 spiro atoms. The summed E-state index contributed by atoms with van der Waals surface area (Å²) in [4.78, 5) is 24.0. The number of rotatable bonds is 7. The number of H-pyrrole nitrogens is 2. The lowest BCUT2D eigenvalue weighted by Gasteiger charge is -2.25. The minimum absolute atomic E-state index is 0.0582. The molecule has 1 unspecified atom stereocenters. The zero-order valence-corrected chi connectivity index (χ0v) is 19.2. The molecule has 9 nitrogen and oxygen atoms in total. The van der Waals surface area contributed by atoms with Crippen molar-refractivity contribution in [3.63, 3.8) is 0 Å². The first-order valence-electron chi connectivity index (χ1n) is 11.1. The number of amides is 1. The number of para-hydroxylation sites is 2. The number of fused-ring (bicyclic) bond motifs is 1. The van der Waals surface area contributed by atoms with Gasteiger partial charge in [0.1, 0.15) is 16.4 Å². The Morgan fingerprint density at radius 3 is 2.59 bits per heavy atom. The molecule has 0 aliphatic carbocycles. The summed E-state index contributed by atoms with van der Waals surface area (Å²) in [7, 11) is -3.70. The molecule has 1 saturated heterocycles. The van der Waals surface area contributed by atoms with Crippen LogP contribution in [0.25, 0.3) is 11.0 Å². The number of aromatic nitrogens is 3. The van der Waals surface area contributed by atoms with Gasteiger partial charge in [-0.3, -0.25) is 4.79 Å². The molecule has 1 aliphatic rings. The highest BCUT2D eigenvalue weighted by Crippen LogP contribution is 2.22. The molecule has 10 heteroatoms. The molecule has 1 fully saturated rings. The molecule has 3 N–H and O–H groups in total. The average molecular weight is 480 g/mol. The topological polar surface area (TPSA) is 120 Å². The van der Waals surface area contributed by atoms with Gasteiger partial charge in [-0.25, -0.2) is 13.4 Å². The Hall–Kier alpha value is -3.47. The maximum absolute atomic E-state index is 13.1. The van der Waals surface area contributed by atoms with Crippen molar-refractivity contribution >= 4 is 27.0 Å². The van der Waals surface area contributed by atoms with Gasteiger partial charge in [-0.1, -0.05) is 42.5 Å². The molecule has 2 aromatic carbocycles. The fourth-order valence-corrected chi connectivity index (χ4v) is 5.43. The van der Waals surface area contributed by atoms with Crippen molar-refractivity contribution in [3.05, 3.63) is 83.9 Å². The van der Waals surface area contributed by atoms with Gasteiger partial charge in [-0.05, 0) is 30.2 Å². The van der Waals surface area contributed by atoms with Crippen LogP contribution in [0.15, 0.2) is 71.8 Å². The average Bonchev–Trinajstić information content (AvgIpc) is 3.53. The van der Waals surface area contributed by atoms with Gasteiger partial charge in [0, 0.05) is 19.3 Å². The van der Waals surface area contributed by atoms with Crippen LogP contribution in [-0.4, -0.2) is 59.9 Å². The molecule has 4 aromatic rings. The third-order valence-electron chi connectivity index (χ3n) is 5.83. The Morgan fingerprint density at radius 2 is 1.82 bits per heavy atom. The van der Waals surface area contributed by atoms with Crippen molar-refractivity contribution in [2.75, 3.05) is 26.3 Å². The molecule has 176 valence electrons. The highest BCUT2D eigenvalue weighted by Gasteiger charge is 2.28. The van der Waals surface area contributed by atoms with Crippen LogP contribution in [-0.2, 0) is 21.2 Å². The van der Waals surface area contributed by atoms with E-state index in [0.717, 1.165) is 16.6 Å². The Balaban J connectivity index is 1.39. The van der Waals surface area contributed by atoms with Gasteiger partial charge in [0.05, 0.1) is 30.3 Å². The summed E-state index contributed by atoms with van der Waals surface area (Å²) in [6, 6.07) is 18.4. The highest BCUT2D eigenvalue weighted by molar-refractivity contribution is 7.89. The van der Waals surface area contributed by atoms with Gasteiger partial charge in [0.25, 0.3) is 5.91 Å². The Morgan fingerprint density at radius 1 is 1.09 bits per heavy atom. The monoisotopic (exact) mass is 479 g/mol. The Labute approximate surface area is 197 Å². The van der Waals surface area contributed by atoms with Crippen molar-refractivity contribution in [2.24, 2.45) is 0 Å². The quantitative estimate of drug-likeness (QED) is 0.376. The minimum Gasteiger partial charge on any atom is -0.379 e.